The molecule has 0 bridgehead atoms. The Hall–Kier alpha value is -2.71. The molecule has 1 amide bonds. The zero-order valence-corrected chi connectivity index (χ0v) is 18.1. The van der Waals surface area contributed by atoms with Crippen LogP contribution in [-0.4, -0.2) is 33.4 Å². The number of hydrogen-bond acceptors (Lipinski definition) is 5. The Morgan fingerprint density at radius 2 is 1.63 bits per heavy atom. The van der Waals surface area contributed by atoms with Crippen molar-refractivity contribution in [2.24, 2.45) is 0 Å². The number of benzene rings is 2. The zero-order valence-electron chi connectivity index (χ0n) is 17.3. The number of sulfonamides is 1. The molecule has 2 aromatic carbocycles. The van der Waals surface area contributed by atoms with Gasteiger partial charge in [0, 0.05) is 18.7 Å². The van der Waals surface area contributed by atoms with Crippen molar-refractivity contribution in [3.8, 4) is 0 Å². The Kier molecular flexibility index (Phi) is 9.01. The summed E-state index contributed by atoms with van der Waals surface area (Å²) in [6.45, 7) is 4.47. The summed E-state index contributed by atoms with van der Waals surface area (Å²) in [6, 6.07) is 13.0. The number of esters is 1. The second kappa shape index (κ2) is 11.5. The fourth-order valence-electron chi connectivity index (χ4n) is 2.67. The van der Waals surface area contributed by atoms with E-state index in [0.29, 0.717) is 30.8 Å². The van der Waals surface area contributed by atoms with Gasteiger partial charge < -0.3 is 10.1 Å². The van der Waals surface area contributed by atoms with Crippen LogP contribution in [0.5, 0.6) is 0 Å². The Labute approximate surface area is 177 Å². The first kappa shape index (κ1) is 23.6. The number of anilines is 1. The summed E-state index contributed by atoms with van der Waals surface area (Å²) in [5, 5.41) is 2.79. The van der Waals surface area contributed by atoms with Gasteiger partial charge in [-0.25, -0.2) is 17.9 Å². The van der Waals surface area contributed by atoms with Crippen molar-refractivity contribution in [2.45, 2.75) is 44.4 Å². The lowest BCUT2D eigenvalue weighted by Gasteiger charge is -2.08. The molecule has 0 aromatic heterocycles. The molecule has 2 N–H and O–H groups in total. The molecule has 0 heterocycles. The van der Waals surface area contributed by atoms with Crippen molar-refractivity contribution in [3.63, 3.8) is 0 Å². The average molecular weight is 433 g/mol. The fraction of sp³-hybridized carbons (Fsp3) is 0.364. The summed E-state index contributed by atoms with van der Waals surface area (Å²) in [4.78, 5) is 24.3. The van der Waals surface area contributed by atoms with Crippen LogP contribution >= 0.6 is 0 Å². The molecule has 2 aromatic rings. The number of hydrogen-bond donors (Lipinski definition) is 2. The molecule has 0 atom stereocenters. The molecule has 0 fully saturated rings. The molecule has 8 heteroatoms. The first-order valence-electron chi connectivity index (χ1n) is 10.0. The van der Waals surface area contributed by atoms with E-state index in [0.717, 1.165) is 18.4 Å². The number of rotatable bonds is 11. The minimum atomic E-state index is -3.48. The fourth-order valence-corrected chi connectivity index (χ4v) is 3.71. The normalized spacial score (nSPS) is 11.1. The molecule has 0 radical (unpaired) electrons. The van der Waals surface area contributed by atoms with Crippen LogP contribution in [-0.2, 0) is 26.0 Å². The first-order chi connectivity index (χ1) is 14.4. The van der Waals surface area contributed by atoms with Crippen LogP contribution in [0.4, 0.5) is 5.69 Å². The monoisotopic (exact) mass is 432 g/mol. The van der Waals surface area contributed by atoms with Gasteiger partial charge in [0.1, 0.15) is 0 Å². The van der Waals surface area contributed by atoms with Gasteiger partial charge in [-0.2, -0.15) is 0 Å². The van der Waals surface area contributed by atoms with Gasteiger partial charge in [0.15, 0.2) is 0 Å². The molecule has 30 heavy (non-hydrogen) atoms. The van der Waals surface area contributed by atoms with Crippen molar-refractivity contribution >= 4 is 27.6 Å². The molecule has 0 saturated carbocycles. The van der Waals surface area contributed by atoms with E-state index in [1.54, 1.807) is 43.3 Å². The summed E-state index contributed by atoms with van der Waals surface area (Å²) < 4.78 is 31.5. The quantitative estimate of drug-likeness (QED) is 0.418. The third-order valence-corrected chi connectivity index (χ3v) is 5.91. The van der Waals surface area contributed by atoms with Crippen molar-refractivity contribution in [2.75, 3.05) is 18.5 Å². The van der Waals surface area contributed by atoms with E-state index < -0.39 is 10.0 Å². The van der Waals surface area contributed by atoms with Crippen LogP contribution < -0.4 is 10.0 Å². The summed E-state index contributed by atoms with van der Waals surface area (Å²) in [5.74, 6) is -0.543. The highest BCUT2D eigenvalue weighted by Gasteiger charge is 2.12. The number of nitrogens with one attached hydrogen (secondary N) is 2. The van der Waals surface area contributed by atoms with Crippen LogP contribution in [0.15, 0.2) is 53.4 Å². The third kappa shape index (κ3) is 7.27. The van der Waals surface area contributed by atoms with Gasteiger partial charge in [0.2, 0.25) is 15.9 Å². The lowest BCUT2D eigenvalue weighted by molar-refractivity contribution is -0.116. The lowest BCUT2D eigenvalue weighted by Crippen LogP contribution is -2.23. The predicted molar refractivity (Wildman–Crippen MR) is 116 cm³/mol. The van der Waals surface area contributed by atoms with E-state index in [9.17, 15) is 18.0 Å². The maximum atomic E-state index is 12.2. The van der Waals surface area contributed by atoms with Gasteiger partial charge in [-0.05, 0) is 54.8 Å². The number of carbonyl (C=O) groups excluding carboxylic acids is 2. The Bertz CT molecular complexity index is 938. The van der Waals surface area contributed by atoms with Crippen molar-refractivity contribution in [3.05, 3.63) is 59.7 Å². The topological polar surface area (TPSA) is 102 Å². The van der Waals surface area contributed by atoms with Gasteiger partial charge in [0.05, 0.1) is 17.1 Å². The highest BCUT2D eigenvalue weighted by atomic mass is 32.2. The molecular formula is C22H28N2O5S. The van der Waals surface area contributed by atoms with Gasteiger partial charge in [-0.15, -0.1) is 0 Å². The van der Waals surface area contributed by atoms with Gasteiger partial charge in [-0.3, -0.25) is 4.79 Å². The molecule has 7 nitrogen and oxygen atoms in total. The van der Waals surface area contributed by atoms with Crippen LogP contribution in [0.25, 0.3) is 0 Å². The zero-order chi connectivity index (χ0) is 22.0. The number of aryl methyl sites for hydroxylation is 1. The molecule has 0 aliphatic heterocycles. The van der Waals surface area contributed by atoms with Crippen molar-refractivity contribution in [1.82, 2.24) is 4.72 Å². The minimum absolute atomic E-state index is 0.169. The second-order valence-electron chi connectivity index (χ2n) is 6.76. The lowest BCUT2D eigenvalue weighted by atomic mass is 10.1. The minimum Gasteiger partial charge on any atom is -0.462 e. The SMILES string of the molecule is CCCCOC(=O)c1ccc(NC(=O)CCc2ccc(S(=O)(=O)NCC)cc2)cc1. The number of carbonyl (C=O) groups is 2. The Balaban J connectivity index is 1.84. The molecule has 0 aliphatic rings. The third-order valence-electron chi connectivity index (χ3n) is 4.34. The molecule has 0 spiro atoms. The number of ether oxygens (including phenoxy) is 1. The second-order valence-corrected chi connectivity index (χ2v) is 8.53. The Morgan fingerprint density at radius 1 is 0.967 bits per heavy atom. The molecule has 0 saturated heterocycles. The van der Waals surface area contributed by atoms with E-state index in [1.165, 1.54) is 12.1 Å². The van der Waals surface area contributed by atoms with E-state index in [1.807, 2.05) is 6.92 Å². The van der Waals surface area contributed by atoms with Crippen LogP contribution in [0.1, 0.15) is 49.0 Å². The Morgan fingerprint density at radius 3 is 2.23 bits per heavy atom. The average Bonchev–Trinajstić information content (AvgIpc) is 2.73. The van der Waals surface area contributed by atoms with E-state index in [2.05, 4.69) is 10.0 Å². The van der Waals surface area contributed by atoms with Crippen molar-refractivity contribution < 1.29 is 22.7 Å². The van der Waals surface area contributed by atoms with Crippen LogP contribution in [0.3, 0.4) is 0 Å². The molecule has 162 valence electrons. The highest BCUT2D eigenvalue weighted by Crippen LogP contribution is 2.14. The van der Waals surface area contributed by atoms with Gasteiger partial charge >= 0.3 is 5.97 Å². The van der Waals surface area contributed by atoms with Gasteiger partial charge in [-0.1, -0.05) is 32.4 Å². The van der Waals surface area contributed by atoms with E-state index >= 15 is 0 Å². The standard InChI is InChI=1S/C22H28N2O5S/c1-3-5-16-29-22(26)18-9-11-19(12-10-18)24-21(25)15-8-17-6-13-20(14-7-17)30(27,28)23-4-2/h6-7,9-14,23H,3-5,8,15-16H2,1-2H3,(H,24,25). The highest BCUT2D eigenvalue weighted by molar-refractivity contribution is 7.89. The predicted octanol–water partition coefficient (Wildman–Crippen LogP) is 3.51. The summed E-state index contributed by atoms with van der Waals surface area (Å²) >= 11 is 0. The summed E-state index contributed by atoms with van der Waals surface area (Å²) in [5.41, 5.74) is 1.90. The summed E-state index contributed by atoms with van der Waals surface area (Å²) in [6.07, 6.45) is 2.51. The van der Waals surface area contributed by atoms with Gasteiger partial charge in [0.25, 0.3) is 0 Å². The summed E-state index contributed by atoms with van der Waals surface area (Å²) in [7, 11) is -3.48. The smallest absolute Gasteiger partial charge is 0.338 e. The number of amides is 1. The largest absolute Gasteiger partial charge is 0.462 e. The molecule has 2 rings (SSSR count). The van der Waals surface area contributed by atoms with Crippen LogP contribution in [0, 0.1) is 0 Å². The molecule has 0 unspecified atom stereocenters. The van der Waals surface area contributed by atoms with E-state index in [-0.39, 0.29) is 23.2 Å². The maximum absolute atomic E-state index is 12.2. The maximum Gasteiger partial charge on any atom is 0.338 e. The van der Waals surface area contributed by atoms with Crippen molar-refractivity contribution in [1.29, 1.82) is 0 Å². The molecule has 0 aliphatic carbocycles. The molecular weight excluding hydrogens is 404 g/mol. The van der Waals surface area contributed by atoms with E-state index in [4.69, 9.17) is 4.74 Å². The number of unbranched alkanes of at least 4 members (excludes halogenated alkanes) is 1. The van der Waals surface area contributed by atoms with Crippen LogP contribution in [0.2, 0.25) is 0 Å². The first-order valence-corrected chi connectivity index (χ1v) is 11.5.